The van der Waals surface area contributed by atoms with Crippen LogP contribution in [0, 0.1) is 0 Å². The van der Waals surface area contributed by atoms with Gasteiger partial charge >= 0.3 is 12.1 Å². The Balaban J connectivity index is 1.46. The molecule has 2 aromatic carbocycles. The summed E-state index contributed by atoms with van der Waals surface area (Å²) >= 11 is 0. The largest absolute Gasteiger partial charge is 0.481 e. The van der Waals surface area contributed by atoms with Gasteiger partial charge in [0.1, 0.15) is 6.61 Å². The summed E-state index contributed by atoms with van der Waals surface area (Å²) in [6.45, 7) is 0.0825. The van der Waals surface area contributed by atoms with Crippen molar-refractivity contribution in [2.24, 2.45) is 0 Å². The predicted octanol–water partition coefficient (Wildman–Crippen LogP) is 4.95. The first kappa shape index (κ1) is 20.3. The zero-order valence-electron chi connectivity index (χ0n) is 16.4. The van der Waals surface area contributed by atoms with Crippen LogP contribution in [0.1, 0.15) is 49.1 Å². The highest BCUT2D eigenvalue weighted by Gasteiger charge is 2.45. The van der Waals surface area contributed by atoms with Gasteiger partial charge in [-0.1, -0.05) is 48.5 Å². The molecule has 1 amide bonds. The fourth-order valence-electron chi connectivity index (χ4n) is 4.58. The second kappa shape index (κ2) is 7.70. The fraction of sp³-hybridized carbons (Fsp3) is 0.391. The maximum atomic E-state index is 13.6. The summed E-state index contributed by atoms with van der Waals surface area (Å²) < 4.78 is 32.6. The van der Waals surface area contributed by atoms with E-state index in [9.17, 15) is 23.5 Å². The summed E-state index contributed by atoms with van der Waals surface area (Å²) in [4.78, 5) is 23.8. The van der Waals surface area contributed by atoms with Crippen molar-refractivity contribution in [2.75, 3.05) is 6.61 Å². The summed E-state index contributed by atoms with van der Waals surface area (Å²) in [5.41, 5.74) is 3.10. The molecule has 2 aromatic rings. The fourth-order valence-corrected chi connectivity index (χ4v) is 4.58. The molecule has 0 heterocycles. The molecule has 0 saturated heterocycles. The van der Waals surface area contributed by atoms with Gasteiger partial charge < -0.3 is 15.2 Å². The molecule has 5 nitrogen and oxygen atoms in total. The molecular formula is C23H23F2NO4. The van der Waals surface area contributed by atoms with Gasteiger partial charge in [0.15, 0.2) is 0 Å². The second-order valence-corrected chi connectivity index (χ2v) is 8.16. The van der Waals surface area contributed by atoms with Crippen LogP contribution in [0.15, 0.2) is 48.5 Å². The molecule has 0 radical (unpaired) electrons. The Morgan fingerprint density at radius 2 is 1.50 bits per heavy atom. The Labute approximate surface area is 173 Å². The van der Waals surface area contributed by atoms with Gasteiger partial charge in [0.05, 0.1) is 12.0 Å². The Bertz CT molecular complexity index is 920. The summed E-state index contributed by atoms with van der Waals surface area (Å²) in [7, 11) is 0. The minimum atomic E-state index is -2.83. The van der Waals surface area contributed by atoms with Gasteiger partial charge in [0.2, 0.25) is 5.92 Å². The van der Waals surface area contributed by atoms with Crippen molar-refractivity contribution < 1.29 is 28.2 Å². The lowest BCUT2D eigenvalue weighted by atomic mass is 9.78. The van der Waals surface area contributed by atoms with E-state index in [4.69, 9.17) is 4.74 Å². The molecule has 30 heavy (non-hydrogen) atoms. The van der Waals surface area contributed by atoms with E-state index in [0.29, 0.717) is 0 Å². The monoisotopic (exact) mass is 415 g/mol. The highest BCUT2D eigenvalue weighted by Crippen LogP contribution is 2.44. The van der Waals surface area contributed by atoms with Crippen LogP contribution in [0.5, 0.6) is 0 Å². The molecule has 2 N–H and O–H groups in total. The van der Waals surface area contributed by atoms with E-state index < -0.39 is 42.8 Å². The van der Waals surface area contributed by atoms with Crippen molar-refractivity contribution in [2.45, 2.75) is 49.5 Å². The van der Waals surface area contributed by atoms with E-state index >= 15 is 0 Å². The van der Waals surface area contributed by atoms with Crippen LogP contribution < -0.4 is 5.32 Å². The van der Waals surface area contributed by atoms with Crippen LogP contribution >= 0.6 is 0 Å². The smallest absolute Gasteiger partial charge is 0.407 e. The van der Waals surface area contributed by atoms with E-state index in [-0.39, 0.29) is 25.4 Å². The number of alkyl halides is 2. The van der Waals surface area contributed by atoms with Gasteiger partial charge in [0.25, 0.3) is 0 Å². The van der Waals surface area contributed by atoms with Crippen molar-refractivity contribution in [1.82, 2.24) is 5.32 Å². The van der Waals surface area contributed by atoms with Crippen LogP contribution in [0.2, 0.25) is 0 Å². The third-order valence-electron chi connectivity index (χ3n) is 6.14. The number of carboxylic acid groups (broad SMARTS) is 1. The highest BCUT2D eigenvalue weighted by molar-refractivity contribution is 5.79. The SMILES string of the molecule is O=C(O)CC1(NC(=O)OCC2c3ccccc3-c3ccccc32)CCC(F)(F)CC1. The van der Waals surface area contributed by atoms with E-state index in [0.717, 1.165) is 22.3 Å². The molecule has 7 heteroatoms. The van der Waals surface area contributed by atoms with Crippen LogP contribution in [0.25, 0.3) is 11.1 Å². The molecular weight excluding hydrogens is 392 g/mol. The number of alkyl carbamates (subject to hydrolysis) is 1. The van der Waals surface area contributed by atoms with Crippen LogP contribution in [0.3, 0.4) is 0 Å². The summed E-state index contributed by atoms with van der Waals surface area (Å²) in [6, 6.07) is 15.8. The molecule has 0 spiro atoms. The Morgan fingerprint density at radius 3 is 2.03 bits per heavy atom. The molecule has 4 rings (SSSR count). The lowest BCUT2D eigenvalue weighted by Gasteiger charge is -2.39. The molecule has 1 saturated carbocycles. The molecule has 0 unspecified atom stereocenters. The number of nitrogens with one attached hydrogen (secondary N) is 1. The van der Waals surface area contributed by atoms with E-state index in [1.807, 2.05) is 48.5 Å². The maximum absolute atomic E-state index is 13.6. The average molecular weight is 415 g/mol. The number of fused-ring (bicyclic) bond motifs is 3. The van der Waals surface area contributed by atoms with Crippen molar-refractivity contribution in [3.8, 4) is 11.1 Å². The molecule has 0 atom stereocenters. The molecule has 0 aliphatic heterocycles. The minimum Gasteiger partial charge on any atom is -0.481 e. The van der Waals surface area contributed by atoms with Crippen molar-refractivity contribution >= 4 is 12.1 Å². The van der Waals surface area contributed by atoms with Gasteiger partial charge in [-0.25, -0.2) is 13.6 Å². The normalized spacial score (nSPS) is 18.9. The lowest BCUT2D eigenvalue weighted by Crippen LogP contribution is -2.53. The number of ether oxygens (including phenoxy) is 1. The molecule has 158 valence electrons. The van der Waals surface area contributed by atoms with E-state index in [1.165, 1.54) is 0 Å². The number of hydrogen-bond acceptors (Lipinski definition) is 3. The number of benzene rings is 2. The number of carbonyl (C=O) groups is 2. The van der Waals surface area contributed by atoms with E-state index in [1.54, 1.807) is 0 Å². The quantitative estimate of drug-likeness (QED) is 0.725. The highest BCUT2D eigenvalue weighted by atomic mass is 19.3. The summed E-state index contributed by atoms with van der Waals surface area (Å²) in [6.07, 6.45) is -2.29. The topological polar surface area (TPSA) is 75.6 Å². The number of rotatable bonds is 5. The van der Waals surface area contributed by atoms with Gasteiger partial charge in [0, 0.05) is 18.8 Å². The molecule has 0 aromatic heterocycles. The number of amides is 1. The third-order valence-corrected chi connectivity index (χ3v) is 6.14. The number of carbonyl (C=O) groups excluding carboxylic acids is 1. The zero-order chi connectivity index (χ0) is 21.4. The maximum Gasteiger partial charge on any atom is 0.407 e. The molecule has 0 bridgehead atoms. The van der Waals surface area contributed by atoms with Crippen LogP contribution in [-0.4, -0.2) is 35.2 Å². The average Bonchev–Trinajstić information content (AvgIpc) is 3.02. The van der Waals surface area contributed by atoms with Crippen molar-refractivity contribution in [1.29, 1.82) is 0 Å². The van der Waals surface area contributed by atoms with Gasteiger partial charge in [-0.3, -0.25) is 4.79 Å². The van der Waals surface area contributed by atoms with E-state index in [2.05, 4.69) is 5.32 Å². The summed E-state index contributed by atoms with van der Waals surface area (Å²) in [5, 5.41) is 11.8. The Kier molecular flexibility index (Phi) is 5.22. The first-order valence-corrected chi connectivity index (χ1v) is 10.0. The van der Waals surface area contributed by atoms with Crippen LogP contribution in [0.4, 0.5) is 13.6 Å². The van der Waals surface area contributed by atoms with Crippen molar-refractivity contribution in [3.63, 3.8) is 0 Å². The second-order valence-electron chi connectivity index (χ2n) is 8.16. The predicted molar refractivity (Wildman–Crippen MR) is 107 cm³/mol. The first-order valence-electron chi connectivity index (χ1n) is 10.0. The van der Waals surface area contributed by atoms with Crippen LogP contribution in [-0.2, 0) is 9.53 Å². The standard InChI is InChI=1S/C23H23F2NO4/c24-23(25)11-9-22(10-12-23,13-20(27)28)26-21(29)30-14-19-17-7-3-1-5-15(17)16-6-2-4-8-18(16)19/h1-8,19H,9-14H2,(H,26,29)(H,27,28). The van der Waals surface area contributed by atoms with Crippen molar-refractivity contribution in [3.05, 3.63) is 59.7 Å². The lowest BCUT2D eigenvalue weighted by molar-refractivity contribution is -0.140. The number of carboxylic acids is 1. The molecule has 2 aliphatic carbocycles. The minimum absolute atomic E-state index is 0.0825. The molecule has 1 fully saturated rings. The first-order chi connectivity index (χ1) is 14.3. The Morgan fingerprint density at radius 1 is 0.967 bits per heavy atom. The number of hydrogen-bond donors (Lipinski definition) is 2. The zero-order valence-corrected chi connectivity index (χ0v) is 16.4. The number of aliphatic carboxylic acids is 1. The van der Waals surface area contributed by atoms with Gasteiger partial charge in [-0.15, -0.1) is 0 Å². The Hall–Kier alpha value is -2.96. The summed E-state index contributed by atoms with van der Waals surface area (Å²) in [5.74, 6) is -4.10. The van der Waals surface area contributed by atoms with Gasteiger partial charge in [-0.2, -0.15) is 0 Å². The third kappa shape index (κ3) is 4.01. The number of halogens is 2. The molecule has 2 aliphatic rings. The van der Waals surface area contributed by atoms with Gasteiger partial charge in [-0.05, 0) is 35.1 Å².